The Morgan fingerprint density at radius 3 is 0.697 bits per heavy atom. The van der Waals surface area contributed by atoms with Crippen LogP contribution >= 0.6 is 15.6 Å². The summed E-state index contributed by atoms with van der Waals surface area (Å²) in [5.41, 5.74) is 4.33. The van der Waals surface area contributed by atoms with Crippen LogP contribution in [0.1, 0.15) is 22.3 Å². The molecule has 18 nitrogen and oxygen atoms in total. The molecule has 0 saturated heterocycles. The molecule has 0 spiro atoms. The molecule has 444 valence electrons. The number of hydrogen-bond donors (Lipinski definition) is 2. The summed E-state index contributed by atoms with van der Waals surface area (Å²) in [6.07, 6.45) is 0. The van der Waals surface area contributed by atoms with Crippen LogP contribution in [0.4, 0.5) is 50.4 Å². The van der Waals surface area contributed by atoms with E-state index in [9.17, 15) is 50.4 Å². The van der Waals surface area contributed by atoms with Crippen LogP contribution in [-0.4, -0.2) is 130 Å². The molecule has 1 aliphatic rings. The summed E-state index contributed by atoms with van der Waals surface area (Å²) in [5.74, 6) is 5.89. The Bertz CT molecular complexity index is 2000. The number of nitrogens with two attached hydrogens (primary N) is 2. The molecule has 0 aliphatic carbocycles. The van der Waals surface area contributed by atoms with Gasteiger partial charge < -0.3 is 89.4 Å². The van der Waals surface area contributed by atoms with E-state index in [-0.39, 0.29) is 21.9 Å². The van der Waals surface area contributed by atoms with E-state index in [0.29, 0.717) is 115 Å². The fraction of sp³-hybridized carbons (Fsp3) is 0.455. The van der Waals surface area contributed by atoms with Crippen LogP contribution in [0.2, 0.25) is 0 Å². The van der Waals surface area contributed by atoms with Crippen molar-refractivity contribution in [1.82, 2.24) is 0 Å². The molecule has 0 amide bonds. The summed E-state index contributed by atoms with van der Waals surface area (Å²) < 4.78 is 188. The zero-order chi connectivity index (χ0) is 53.4. The third-order valence-corrected chi connectivity index (χ3v) is 8.95. The SMILES string of the molecule is COc1cc(C[NH2+]Cc2cc3cc(c2)OCCOCCOCCOc2cc(C[NH2+]Cc4cc(OC)cc(OC)c4)cc(c2)OCCOCCOCCO3)cc(OC)c1.F[P-](F)(F)(F)(F)F.F[P-](F)(F)(F)(F)F.O.O.O.O. The maximum absolute atomic E-state index is 10.7. The Balaban J connectivity index is 0. The van der Waals surface area contributed by atoms with E-state index < -0.39 is 15.6 Å². The average Bonchev–Trinajstić information content (AvgIpc) is 3.27. The first-order chi connectivity index (χ1) is 33.4. The van der Waals surface area contributed by atoms with E-state index in [4.69, 9.17) is 56.8 Å². The van der Waals surface area contributed by atoms with Crippen molar-refractivity contribution in [2.75, 3.05) is 108 Å². The molecule has 4 bridgehead atoms. The maximum atomic E-state index is 9.87. The molecule has 32 heteroatoms. The van der Waals surface area contributed by atoms with Gasteiger partial charge >= 0.3 is 66.0 Å². The molecule has 0 unspecified atom stereocenters. The van der Waals surface area contributed by atoms with Gasteiger partial charge in [0.25, 0.3) is 0 Å². The number of benzene rings is 4. The van der Waals surface area contributed by atoms with Crippen LogP contribution in [0.5, 0.6) is 46.0 Å². The zero-order valence-corrected chi connectivity index (χ0v) is 43.5. The molecular formula is C44H68F12N2O16P2. The molecule has 1 aliphatic heterocycles. The van der Waals surface area contributed by atoms with Gasteiger partial charge in [0.05, 0.1) is 81.3 Å². The van der Waals surface area contributed by atoms with Gasteiger partial charge in [-0.2, -0.15) is 0 Å². The van der Waals surface area contributed by atoms with Crippen molar-refractivity contribution in [3.8, 4) is 46.0 Å². The van der Waals surface area contributed by atoms with E-state index in [1.807, 2.05) is 72.8 Å². The van der Waals surface area contributed by atoms with Gasteiger partial charge in [-0.25, -0.2) is 0 Å². The van der Waals surface area contributed by atoms with E-state index in [2.05, 4.69) is 10.6 Å². The third-order valence-electron chi connectivity index (χ3n) is 8.95. The summed E-state index contributed by atoms with van der Waals surface area (Å²) >= 11 is 0. The molecular weight excluding hydrogens is 1100 g/mol. The van der Waals surface area contributed by atoms with Gasteiger partial charge in [-0.15, -0.1) is 0 Å². The van der Waals surface area contributed by atoms with Crippen molar-refractivity contribution in [3.63, 3.8) is 0 Å². The second kappa shape index (κ2) is 31.3. The summed E-state index contributed by atoms with van der Waals surface area (Å²) in [4.78, 5) is 0. The van der Waals surface area contributed by atoms with E-state index in [0.717, 1.165) is 58.3 Å². The fourth-order valence-electron chi connectivity index (χ4n) is 6.13. The predicted octanol–water partition coefficient (Wildman–Crippen LogP) is 7.01. The Hall–Kier alpha value is -5.10. The number of halogens is 12. The fourth-order valence-corrected chi connectivity index (χ4v) is 6.13. The summed E-state index contributed by atoms with van der Waals surface area (Å²) in [5, 5.41) is 4.42. The smallest absolute Gasteiger partial charge is 0.412 e. The van der Waals surface area contributed by atoms with Gasteiger partial charge in [0.1, 0.15) is 98.6 Å². The molecule has 0 atom stereocenters. The molecule has 12 N–H and O–H groups in total. The zero-order valence-electron chi connectivity index (χ0n) is 41.7. The third kappa shape index (κ3) is 40.2. The molecule has 0 aromatic heterocycles. The standard InChI is InChI=1S/C44H58N2O12.2F6P.4H2O/c1-47-37-17-33(18-38(25-37)48-2)29-45-31-35-21-41-27-42(22-35)56-14-10-52-6-8-54-12-16-58-44-24-36(32-46-30-34-19-39(49-3)26-40(20-34)50-4)23-43(28-44)57-15-11-53-7-5-51-9-13-55-41;2*1-7(2,3,4,5)6;;;;/h17-28,45-46H,5-16,29-32H2,1-4H3;;;4*1H2/q;2*-1;;;;/p+2. The summed E-state index contributed by atoms with van der Waals surface area (Å²) in [7, 11) is -14.7. The Kier molecular flexibility index (Phi) is 30.1. The van der Waals surface area contributed by atoms with Crippen molar-refractivity contribution in [2.45, 2.75) is 26.2 Å². The van der Waals surface area contributed by atoms with Crippen molar-refractivity contribution in [3.05, 3.63) is 95.1 Å². The Morgan fingerprint density at radius 1 is 0.316 bits per heavy atom. The minimum Gasteiger partial charge on any atom is -0.412 e. The summed E-state index contributed by atoms with van der Waals surface area (Å²) in [6.45, 7) is 7.86. The second-order valence-corrected chi connectivity index (χ2v) is 19.1. The Labute approximate surface area is 429 Å². The second-order valence-electron chi connectivity index (χ2n) is 15.2. The average molecular weight is 1170 g/mol. The van der Waals surface area contributed by atoms with Crippen LogP contribution < -0.4 is 48.5 Å². The van der Waals surface area contributed by atoms with Gasteiger partial charge in [-0.3, -0.25) is 0 Å². The van der Waals surface area contributed by atoms with Crippen LogP contribution in [0, 0.1) is 0 Å². The number of ether oxygens (including phenoxy) is 12. The van der Waals surface area contributed by atoms with E-state index >= 15 is 0 Å². The predicted molar refractivity (Wildman–Crippen MR) is 257 cm³/mol. The number of quaternary nitrogens is 2. The van der Waals surface area contributed by atoms with Crippen molar-refractivity contribution < 1.29 is 140 Å². The van der Waals surface area contributed by atoms with Gasteiger partial charge in [-0.05, 0) is 48.5 Å². The Morgan fingerprint density at radius 2 is 0.500 bits per heavy atom. The first kappa shape index (κ1) is 73.0. The number of methoxy groups -OCH3 is 4. The number of fused-ring (bicyclic) bond motifs is 4. The minimum atomic E-state index is -10.7. The first-order valence-corrected chi connectivity index (χ1v) is 25.8. The molecule has 0 saturated carbocycles. The first-order valence-electron chi connectivity index (χ1n) is 21.7. The normalized spacial score (nSPS) is 15.8. The number of hydrogen-bond acceptors (Lipinski definition) is 12. The van der Waals surface area contributed by atoms with Gasteiger partial charge in [0.15, 0.2) is 0 Å². The molecule has 0 radical (unpaired) electrons. The molecule has 5 rings (SSSR count). The van der Waals surface area contributed by atoms with Crippen molar-refractivity contribution >= 4 is 15.6 Å². The monoisotopic (exact) mass is 1170 g/mol. The molecule has 0 fully saturated rings. The topological polar surface area (TPSA) is 270 Å². The van der Waals surface area contributed by atoms with Crippen molar-refractivity contribution in [2.24, 2.45) is 0 Å². The van der Waals surface area contributed by atoms with E-state index in [1.165, 1.54) is 0 Å². The van der Waals surface area contributed by atoms with E-state index in [1.54, 1.807) is 28.4 Å². The largest absolute Gasteiger partial charge is 0.412 e. The molecule has 4 aromatic carbocycles. The van der Waals surface area contributed by atoms with Crippen LogP contribution in [0.15, 0.2) is 72.8 Å². The van der Waals surface area contributed by atoms with Crippen LogP contribution in [0.3, 0.4) is 0 Å². The maximum Gasteiger partial charge on any atom is -0.412 e. The molecule has 1 heterocycles. The van der Waals surface area contributed by atoms with Gasteiger partial charge in [-0.1, -0.05) is 0 Å². The van der Waals surface area contributed by atoms with Crippen LogP contribution in [-0.2, 0) is 45.1 Å². The van der Waals surface area contributed by atoms with Gasteiger partial charge in [0, 0.05) is 46.5 Å². The number of rotatable bonds is 12. The molecule has 4 aromatic rings. The van der Waals surface area contributed by atoms with Gasteiger partial charge in [0.2, 0.25) is 0 Å². The summed E-state index contributed by atoms with van der Waals surface area (Å²) in [6, 6.07) is 23.7. The quantitative estimate of drug-likeness (QED) is 0.107. The van der Waals surface area contributed by atoms with Crippen molar-refractivity contribution in [1.29, 1.82) is 0 Å². The molecule has 76 heavy (non-hydrogen) atoms. The van der Waals surface area contributed by atoms with Crippen LogP contribution in [0.25, 0.3) is 0 Å². The minimum absolute atomic E-state index is 0.